The van der Waals surface area contributed by atoms with Crippen LogP contribution in [0.3, 0.4) is 0 Å². The lowest BCUT2D eigenvalue weighted by molar-refractivity contribution is -0.697. The first-order valence-corrected chi connectivity index (χ1v) is 5.79. The minimum absolute atomic E-state index is 1.10. The van der Waals surface area contributed by atoms with Gasteiger partial charge in [0.2, 0.25) is 0 Å². The van der Waals surface area contributed by atoms with Crippen molar-refractivity contribution in [2.24, 2.45) is 0 Å². The largest absolute Gasteiger partial charge is 0.265 e. The lowest BCUT2D eigenvalue weighted by atomic mass is 10.1. The van der Waals surface area contributed by atoms with E-state index in [1.165, 1.54) is 24.0 Å². The molecule has 82 valence electrons. The molecule has 0 saturated carbocycles. The summed E-state index contributed by atoms with van der Waals surface area (Å²) in [7, 11) is 0. The van der Waals surface area contributed by atoms with Gasteiger partial charge in [0, 0.05) is 30.9 Å². The molecule has 0 spiro atoms. The summed E-state index contributed by atoms with van der Waals surface area (Å²) in [6.07, 6.45) is 10.4. The Kier molecular flexibility index (Phi) is 3.65. The van der Waals surface area contributed by atoms with E-state index in [1.54, 1.807) is 0 Å². The van der Waals surface area contributed by atoms with E-state index in [2.05, 4.69) is 41.0 Å². The van der Waals surface area contributed by atoms with Crippen molar-refractivity contribution in [3.05, 3.63) is 49.1 Å². The zero-order valence-corrected chi connectivity index (χ0v) is 9.63. The van der Waals surface area contributed by atoms with Gasteiger partial charge in [-0.3, -0.25) is 4.98 Å². The monoisotopic (exact) mass is 213 g/mol. The fourth-order valence-corrected chi connectivity index (χ4v) is 1.68. The summed E-state index contributed by atoms with van der Waals surface area (Å²) in [4.78, 5) is 4.02. The molecule has 2 heterocycles. The third-order valence-electron chi connectivity index (χ3n) is 2.67. The first-order valence-electron chi connectivity index (χ1n) is 5.79. The number of hydrogen-bond donors (Lipinski definition) is 0. The quantitative estimate of drug-likeness (QED) is 0.714. The number of nitrogens with zero attached hydrogens (tertiary/aromatic N) is 2. The second kappa shape index (κ2) is 5.40. The van der Waals surface area contributed by atoms with Crippen LogP contribution < -0.4 is 4.57 Å². The highest BCUT2D eigenvalue weighted by atomic mass is 14.9. The summed E-state index contributed by atoms with van der Waals surface area (Å²) in [6.45, 7) is 3.32. The molecular weight excluding hydrogens is 196 g/mol. The molecule has 0 radical (unpaired) electrons. The molecule has 0 bridgehead atoms. The molecule has 2 nitrogen and oxygen atoms in total. The van der Waals surface area contributed by atoms with E-state index < -0.39 is 0 Å². The van der Waals surface area contributed by atoms with Crippen molar-refractivity contribution < 1.29 is 4.57 Å². The highest BCUT2D eigenvalue weighted by molar-refractivity contribution is 5.61. The number of pyridine rings is 2. The summed E-state index contributed by atoms with van der Waals surface area (Å²) >= 11 is 0. The van der Waals surface area contributed by atoms with Crippen molar-refractivity contribution in [1.29, 1.82) is 0 Å². The van der Waals surface area contributed by atoms with Gasteiger partial charge in [-0.1, -0.05) is 13.3 Å². The van der Waals surface area contributed by atoms with E-state index in [0.717, 1.165) is 6.54 Å². The summed E-state index contributed by atoms with van der Waals surface area (Å²) in [5.41, 5.74) is 2.47. The molecule has 0 saturated heterocycles. The highest BCUT2D eigenvalue weighted by Gasteiger charge is 2.01. The van der Waals surface area contributed by atoms with Gasteiger partial charge in [0.05, 0.1) is 0 Å². The molecule has 2 aromatic rings. The lowest BCUT2D eigenvalue weighted by Gasteiger charge is -2.00. The van der Waals surface area contributed by atoms with Crippen LogP contribution in [0.4, 0.5) is 0 Å². The first kappa shape index (κ1) is 10.8. The van der Waals surface area contributed by atoms with Crippen molar-refractivity contribution >= 4 is 0 Å². The molecule has 0 aliphatic heterocycles. The zero-order chi connectivity index (χ0) is 11.2. The Bertz CT molecular complexity index is 420. The molecule has 0 amide bonds. The maximum Gasteiger partial charge on any atom is 0.169 e. The Hall–Kier alpha value is -1.70. The Labute approximate surface area is 96.6 Å². The van der Waals surface area contributed by atoms with Crippen LogP contribution in [0.15, 0.2) is 49.1 Å². The van der Waals surface area contributed by atoms with E-state index in [9.17, 15) is 0 Å². The van der Waals surface area contributed by atoms with Gasteiger partial charge in [0.1, 0.15) is 6.54 Å². The molecule has 0 fully saturated rings. The Balaban J connectivity index is 2.13. The average molecular weight is 213 g/mol. The Morgan fingerprint density at radius 1 is 1.00 bits per heavy atom. The number of unbranched alkanes of at least 4 members (excludes halogenated alkanes) is 1. The standard InChI is InChI=1S/C14H17N2/c1-2-3-10-16-11-6-14(7-12-16)13-4-8-15-9-5-13/h4-9,11-12H,2-3,10H2,1H3/q+1. The second-order valence-corrected chi connectivity index (χ2v) is 3.91. The third kappa shape index (κ3) is 2.66. The van der Waals surface area contributed by atoms with Crippen LogP contribution in [-0.4, -0.2) is 4.98 Å². The van der Waals surface area contributed by atoms with Crippen molar-refractivity contribution in [3.8, 4) is 11.1 Å². The van der Waals surface area contributed by atoms with Crippen LogP contribution in [0, 0.1) is 0 Å². The molecule has 0 aromatic carbocycles. The maximum atomic E-state index is 4.02. The minimum atomic E-state index is 1.10. The van der Waals surface area contributed by atoms with Gasteiger partial charge in [0.15, 0.2) is 12.4 Å². The minimum Gasteiger partial charge on any atom is -0.265 e. The van der Waals surface area contributed by atoms with E-state index in [-0.39, 0.29) is 0 Å². The average Bonchev–Trinajstić information content (AvgIpc) is 2.38. The highest BCUT2D eigenvalue weighted by Crippen LogP contribution is 2.15. The van der Waals surface area contributed by atoms with Crippen molar-refractivity contribution in [2.45, 2.75) is 26.3 Å². The van der Waals surface area contributed by atoms with Gasteiger partial charge in [-0.05, 0) is 23.3 Å². The summed E-state index contributed by atoms with van der Waals surface area (Å²) in [6, 6.07) is 8.38. The first-order chi connectivity index (χ1) is 7.90. The molecule has 2 heteroatoms. The predicted molar refractivity (Wildman–Crippen MR) is 64.8 cm³/mol. The molecule has 2 aromatic heterocycles. The molecule has 2 rings (SSSR count). The van der Waals surface area contributed by atoms with Gasteiger partial charge in [-0.15, -0.1) is 0 Å². The topological polar surface area (TPSA) is 16.8 Å². The van der Waals surface area contributed by atoms with Crippen LogP contribution in [0.5, 0.6) is 0 Å². The lowest BCUT2D eigenvalue weighted by Crippen LogP contribution is -2.32. The number of rotatable bonds is 4. The SMILES string of the molecule is CCCC[n+]1ccc(-c2ccncc2)cc1. The fraction of sp³-hybridized carbons (Fsp3) is 0.286. The number of aryl methyl sites for hydroxylation is 1. The van der Waals surface area contributed by atoms with E-state index >= 15 is 0 Å². The molecule has 0 atom stereocenters. The van der Waals surface area contributed by atoms with Crippen LogP contribution in [-0.2, 0) is 6.54 Å². The van der Waals surface area contributed by atoms with Gasteiger partial charge in [-0.2, -0.15) is 0 Å². The van der Waals surface area contributed by atoms with Gasteiger partial charge < -0.3 is 0 Å². The van der Waals surface area contributed by atoms with Gasteiger partial charge >= 0.3 is 0 Å². The maximum absolute atomic E-state index is 4.02. The van der Waals surface area contributed by atoms with E-state index in [4.69, 9.17) is 0 Å². The van der Waals surface area contributed by atoms with Crippen LogP contribution >= 0.6 is 0 Å². The summed E-state index contributed by atoms with van der Waals surface area (Å²) in [5.74, 6) is 0. The number of hydrogen-bond acceptors (Lipinski definition) is 1. The fourth-order valence-electron chi connectivity index (χ4n) is 1.68. The number of aromatic nitrogens is 2. The van der Waals surface area contributed by atoms with Crippen LogP contribution in [0.2, 0.25) is 0 Å². The third-order valence-corrected chi connectivity index (χ3v) is 2.67. The smallest absolute Gasteiger partial charge is 0.169 e. The molecule has 0 unspecified atom stereocenters. The van der Waals surface area contributed by atoms with Crippen molar-refractivity contribution in [3.63, 3.8) is 0 Å². The van der Waals surface area contributed by atoms with Crippen LogP contribution in [0.25, 0.3) is 11.1 Å². The van der Waals surface area contributed by atoms with Crippen molar-refractivity contribution in [1.82, 2.24) is 4.98 Å². The van der Waals surface area contributed by atoms with Gasteiger partial charge in [-0.25, -0.2) is 4.57 Å². The molecular formula is C14H17N2+. The van der Waals surface area contributed by atoms with Gasteiger partial charge in [0.25, 0.3) is 0 Å². The predicted octanol–water partition coefficient (Wildman–Crippen LogP) is 2.84. The second-order valence-electron chi connectivity index (χ2n) is 3.91. The molecule has 0 aliphatic rings. The van der Waals surface area contributed by atoms with E-state index in [0.29, 0.717) is 0 Å². The molecule has 0 N–H and O–H groups in total. The summed E-state index contributed by atoms with van der Waals surface area (Å²) < 4.78 is 2.23. The molecule has 0 aliphatic carbocycles. The zero-order valence-electron chi connectivity index (χ0n) is 9.63. The Morgan fingerprint density at radius 3 is 2.25 bits per heavy atom. The van der Waals surface area contributed by atoms with Crippen molar-refractivity contribution in [2.75, 3.05) is 0 Å². The normalized spacial score (nSPS) is 10.3. The summed E-state index contributed by atoms with van der Waals surface area (Å²) in [5, 5.41) is 0. The Morgan fingerprint density at radius 2 is 1.62 bits per heavy atom. The molecule has 16 heavy (non-hydrogen) atoms. The van der Waals surface area contributed by atoms with Crippen LogP contribution in [0.1, 0.15) is 19.8 Å². The van der Waals surface area contributed by atoms with E-state index in [1.807, 2.05) is 24.5 Å².